The monoisotopic (exact) mass is 199 g/mol. The maximum absolute atomic E-state index is 13.6. The van der Waals surface area contributed by atoms with Crippen LogP contribution in [0.3, 0.4) is 0 Å². The standard InChI is InChI=1S/C10H18FN3/c1-5-7(6(2)3)9-8(11)10(12)14(4)13-9/h6-7H,5,12H2,1-4H3. The first-order valence-corrected chi connectivity index (χ1v) is 4.96. The van der Waals surface area contributed by atoms with Crippen LogP contribution in [0.1, 0.15) is 38.8 Å². The predicted octanol–water partition coefficient (Wildman–Crippen LogP) is 2.29. The molecule has 1 aromatic heterocycles. The fraction of sp³-hybridized carbons (Fsp3) is 0.700. The van der Waals surface area contributed by atoms with Crippen molar-refractivity contribution in [2.24, 2.45) is 13.0 Å². The van der Waals surface area contributed by atoms with Gasteiger partial charge in [0, 0.05) is 13.0 Å². The number of anilines is 1. The third-order valence-corrected chi connectivity index (χ3v) is 2.65. The number of nitrogen functional groups attached to an aromatic ring is 1. The summed E-state index contributed by atoms with van der Waals surface area (Å²) in [6.45, 7) is 6.17. The summed E-state index contributed by atoms with van der Waals surface area (Å²) in [6, 6.07) is 0. The summed E-state index contributed by atoms with van der Waals surface area (Å²) in [4.78, 5) is 0. The van der Waals surface area contributed by atoms with E-state index < -0.39 is 0 Å². The summed E-state index contributed by atoms with van der Waals surface area (Å²) in [5.41, 5.74) is 6.02. The molecule has 14 heavy (non-hydrogen) atoms. The Morgan fingerprint density at radius 3 is 2.36 bits per heavy atom. The molecule has 0 aliphatic carbocycles. The SMILES string of the molecule is CCC(c1nn(C)c(N)c1F)C(C)C. The molecule has 0 amide bonds. The first-order valence-electron chi connectivity index (χ1n) is 4.96. The quantitative estimate of drug-likeness (QED) is 0.811. The summed E-state index contributed by atoms with van der Waals surface area (Å²) in [7, 11) is 1.66. The Balaban J connectivity index is 3.11. The molecule has 0 bridgehead atoms. The Labute approximate surface area is 84.1 Å². The zero-order chi connectivity index (χ0) is 10.9. The molecule has 0 fully saturated rings. The predicted molar refractivity (Wildman–Crippen MR) is 55.4 cm³/mol. The molecular weight excluding hydrogens is 181 g/mol. The molecule has 3 nitrogen and oxygen atoms in total. The summed E-state index contributed by atoms with van der Waals surface area (Å²) in [6.07, 6.45) is 0.880. The number of halogens is 1. The Bertz CT molecular complexity index is 317. The maximum atomic E-state index is 13.6. The molecular formula is C10H18FN3. The number of hydrogen-bond acceptors (Lipinski definition) is 2. The highest BCUT2D eigenvalue weighted by atomic mass is 19.1. The van der Waals surface area contributed by atoms with E-state index in [9.17, 15) is 4.39 Å². The number of hydrogen-bond donors (Lipinski definition) is 1. The molecule has 1 unspecified atom stereocenters. The lowest BCUT2D eigenvalue weighted by Crippen LogP contribution is -2.08. The molecule has 80 valence electrons. The summed E-state index contributed by atoms with van der Waals surface area (Å²) >= 11 is 0. The van der Waals surface area contributed by atoms with Gasteiger partial charge in [0.2, 0.25) is 0 Å². The van der Waals surface area contributed by atoms with E-state index in [1.165, 1.54) is 4.68 Å². The van der Waals surface area contributed by atoms with Crippen LogP contribution in [-0.4, -0.2) is 9.78 Å². The fourth-order valence-electron chi connectivity index (χ4n) is 1.75. The third kappa shape index (κ3) is 1.74. The lowest BCUT2D eigenvalue weighted by Gasteiger charge is -2.16. The minimum absolute atomic E-state index is 0.124. The van der Waals surface area contributed by atoms with Crippen molar-refractivity contribution >= 4 is 5.82 Å². The van der Waals surface area contributed by atoms with Gasteiger partial charge in [0.25, 0.3) is 0 Å². The van der Waals surface area contributed by atoms with Crippen LogP contribution in [0.5, 0.6) is 0 Å². The molecule has 0 radical (unpaired) electrons. The van der Waals surface area contributed by atoms with Crippen LogP contribution in [0.2, 0.25) is 0 Å². The van der Waals surface area contributed by atoms with Gasteiger partial charge in [-0.3, -0.25) is 4.68 Å². The van der Waals surface area contributed by atoms with E-state index in [1.54, 1.807) is 7.05 Å². The molecule has 1 rings (SSSR count). The van der Waals surface area contributed by atoms with E-state index in [0.717, 1.165) is 6.42 Å². The van der Waals surface area contributed by atoms with Crippen LogP contribution in [0.15, 0.2) is 0 Å². The molecule has 1 heterocycles. The summed E-state index contributed by atoms with van der Waals surface area (Å²) < 4.78 is 15.0. The number of aromatic nitrogens is 2. The normalized spacial score (nSPS) is 13.6. The molecule has 0 saturated carbocycles. The highest BCUT2D eigenvalue weighted by Gasteiger charge is 2.23. The van der Waals surface area contributed by atoms with Gasteiger partial charge in [0.05, 0.1) is 0 Å². The molecule has 1 atom stereocenters. The van der Waals surface area contributed by atoms with E-state index in [0.29, 0.717) is 11.6 Å². The first-order chi connectivity index (χ1) is 6.49. The highest BCUT2D eigenvalue weighted by Crippen LogP contribution is 2.30. The molecule has 0 aliphatic heterocycles. The number of nitrogens with two attached hydrogens (primary N) is 1. The van der Waals surface area contributed by atoms with Gasteiger partial charge < -0.3 is 5.73 Å². The average Bonchev–Trinajstić information content (AvgIpc) is 2.35. The summed E-state index contributed by atoms with van der Waals surface area (Å²) in [5.74, 6) is 0.300. The van der Waals surface area contributed by atoms with Crippen molar-refractivity contribution in [2.75, 3.05) is 5.73 Å². The van der Waals surface area contributed by atoms with Gasteiger partial charge in [-0.15, -0.1) is 0 Å². The molecule has 0 spiro atoms. The average molecular weight is 199 g/mol. The van der Waals surface area contributed by atoms with E-state index in [4.69, 9.17) is 5.73 Å². The van der Waals surface area contributed by atoms with Crippen molar-refractivity contribution in [3.63, 3.8) is 0 Å². The molecule has 1 aromatic rings. The second-order valence-corrected chi connectivity index (χ2v) is 3.97. The van der Waals surface area contributed by atoms with Crippen molar-refractivity contribution in [1.29, 1.82) is 0 Å². The Kier molecular flexibility index (Phi) is 3.13. The van der Waals surface area contributed by atoms with Gasteiger partial charge >= 0.3 is 0 Å². The molecule has 4 heteroatoms. The smallest absolute Gasteiger partial charge is 0.188 e. The Morgan fingerprint density at radius 2 is 2.07 bits per heavy atom. The lowest BCUT2D eigenvalue weighted by atomic mass is 9.90. The van der Waals surface area contributed by atoms with Crippen LogP contribution in [0.25, 0.3) is 0 Å². The molecule has 0 aliphatic rings. The second-order valence-electron chi connectivity index (χ2n) is 3.97. The fourth-order valence-corrected chi connectivity index (χ4v) is 1.75. The number of aryl methyl sites for hydroxylation is 1. The van der Waals surface area contributed by atoms with Crippen molar-refractivity contribution < 1.29 is 4.39 Å². The minimum Gasteiger partial charge on any atom is -0.381 e. The van der Waals surface area contributed by atoms with Crippen molar-refractivity contribution in [3.8, 4) is 0 Å². The van der Waals surface area contributed by atoms with Gasteiger partial charge in [-0.25, -0.2) is 4.39 Å². The van der Waals surface area contributed by atoms with Gasteiger partial charge in [0.1, 0.15) is 5.69 Å². The van der Waals surface area contributed by atoms with Crippen molar-refractivity contribution in [1.82, 2.24) is 9.78 Å². The van der Waals surface area contributed by atoms with Crippen LogP contribution in [-0.2, 0) is 7.05 Å². The van der Waals surface area contributed by atoms with Gasteiger partial charge in [0.15, 0.2) is 11.6 Å². The Hall–Kier alpha value is -1.06. The zero-order valence-electron chi connectivity index (χ0n) is 9.21. The second kappa shape index (κ2) is 3.98. The van der Waals surface area contributed by atoms with Crippen LogP contribution >= 0.6 is 0 Å². The van der Waals surface area contributed by atoms with Gasteiger partial charge in [-0.1, -0.05) is 20.8 Å². The lowest BCUT2D eigenvalue weighted by molar-refractivity contribution is 0.450. The minimum atomic E-state index is -0.354. The van der Waals surface area contributed by atoms with Gasteiger partial charge in [-0.05, 0) is 12.3 Å². The van der Waals surface area contributed by atoms with Crippen LogP contribution in [0.4, 0.5) is 10.2 Å². The van der Waals surface area contributed by atoms with Crippen LogP contribution in [0, 0.1) is 11.7 Å². The van der Waals surface area contributed by atoms with E-state index in [2.05, 4.69) is 18.9 Å². The van der Waals surface area contributed by atoms with Crippen molar-refractivity contribution in [3.05, 3.63) is 11.5 Å². The molecule has 0 saturated heterocycles. The first kappa shape index (κ1) is 11.0. The van der Waals surface area contributed by atoms with Gasteiger partial charge in [-0.2, -0.15) is 5.10 Å². The largest absolute Gasteiger partial charge is 0.381 e. The number of nitrogens with zero attached hydrogens (tertiary/aromatic N) is 2. The molecule has 0 aromatic carbocycles. The van der Waals surface area contributed by atoms with E-state index in [1.807, 2.05) is 6.92 Å². The topological polar surface area (TPSA) is 43.8 Å². The highest BCUT2D eigenvalue weighted by molar-refractivity contribution is 5.34. The molecule has 2 N–H and O–H groups in total. The number of rotatable bonds is 3. The zero-order valence-corrected chi connectivity index (χ0v) is 9.21. The van der Waals surface area contributed by atoms with E-state index >= 15 is 0 Å². The van der Waals surface area contributed by atoms with E-state index in [-0.39, 0.29) is 17.6 Å². The van der Waals surface area contributed by atoms with Crippen molar-refractivity contribution in [2.45, 2.75) is 33.1 Å². The maximum Gasteiger partial charge on any atom is 0.188 e. The Morgan fingerprint density at radius 1 is 1.50 bits per heavy atom. The summed E-state index contributed by atoms with van der Waals surface area (Å²) in [5, 5.41) is 4.12. The van der Waals surface area contributed by atoms with Crippen LogP contribution < -0.4 is 5.73 Å². The third-order valence-electron chi connectivity index (χ3n) is 2.65.